The van der Waals surface area contributed by atoms with Gasteiger partial charge < -0.3 is 9.80 Å². The van der Waals surface area contributed by atoms with Gasteiger partial charge in [0, 0.05) is 34.8 Å². The molecule has 4 bridgehead atoms. The highest BCUT2D eigenvalue weighted by Crippen LogP contribution is 2.58. The van der Waals surface area contributed by atoms with E-state index in [0.717, 1.165) is 23.0 Å². The Morgan fingerprint density at radius 1 is 0.396 bits per heavy atom. The molecule has 7 aromatic rings. The van der Waals surface area contributed by atoms with Crippen molar-refractivity contribution in [1.82, 2.24) is 0 Å². The highest BCUT2D eigenvalue weighted by atomic mass is 15.2. The lowest BCUT2D eigenvalue weighted by molar-refractivity contribution is 0.0599. The van der Waals surface area contributed by atoms with Crippen LogP contribution >= 0.6 is 0 Å². The fourth-order valence-corrected chi connectivity index (χ4v) is 10.2. The minimum atomic E-state index is 0.358. The van der Waals surface area contributed by atoms with Crippen LogP contribution in [0.3, 0.4) is 0 Å². The third-order valence-corrected chi connectivity index (χ3v) is 12.4. The Bertz CT molecular complexity index is 2220. The van der Waals surface area contributed by atoms with E-state index in [2.05, 4.69) is 198 Å². The van der Waals surface area contributed by atoms with Crippen molar-refractivity contribution in [3.05, 3.63) is 194 Å². The molecule has 0 spiro atoms. The third kappa shape index (κ3) is 5.93. The highest BCUT2D eigenvalue weighted by Gasteiger charge is 2.55. The number of hydrogen-bond donors (Lipinski definition) is 0. The van der Waals surface area contributed by atoms with Gasteiger partial charge in [-0.05, 0) is 131 Å². The number of nitrogens with zero attached hydrogens (tertiary/aromatic N) is 2. The van der Waals surface area contributed by atoms with Crippen molar-refractivity contribution >= 4 is 22.7 Å². The summed E-state index contributed by atoms with van der Waals surface area (Å²) >= 11 is 0. The summed E-state index contributed by atoms with van der Waals surface area (Å²) in [6.07, 6.45) is 6.58. The second kappa shape index (κ2) is 13.3. The summed E-state index contributed by atoms with van der Waals surface area (Å²) in [5.41, 5.74) is 14.1. The van der Waals surface area contributed by atoms with Gasteiger partial charge in [0.2, 0.25) is 0 Å². The fourth-order valence-electron chi connectivity index (χ4n) is 10.2. The van der Waals surface area contributed by atoms with E-state index >= 15 is 0 Å². The first kappa shape index (κ1) is 31.8. The van der Waals surface area contributed by atoms with Crippen molar-refractivity contribution in [1.29, 1.82) is 0 Å². The summed E-state index contributed by atoms with van der Waals surface area (Å²) in [7, 11) is 0. The normalized spacial score (nSPS) is 21.4. The van der Waals surface area contributed by atoms with Gasteiger partial charge in [-0.3, -0.25) is 0 Å². The summed E-state index contributed by atoms with van der Waals surface area (Å²) in [6, 6.07) is 70.3. The van der Waals surface area contributed by atoms with E-state index in [4.69, 9.17) is 0 Å². The molecule has 11 rings (SSSR count). The van der Waals surface area contributed by atoms with Crippen molar-refractivity contribution in [3.8, 4) is 33.4 Å². The van der Waals surface area contributed by atoms with E-state index < -0.39 is 0 Å². The van der Waals surface area contributed by atoms with E-state index in [1.54, 1.807) is 5.56 Å². The van der Waals surface area contributed by atoms with Gasteiger partial charge in [-0.1, -0.05) is 140 Å². The molecule has 2 saturated carbocycles. The smallest absolute Gasteiger partial charge is 0.0462 e. The molecule has 4 aliphatic rings. The zero-order valence-electron chi connectivity index (χ0n) is 30.1. The quantitative estimate of drug-likeness (QED) is 0.157. The van der Waals surface area contributed by atoms with Gasteiger partial charge in [0.1, 0.15) is 0 Å². The average molecular weight is 685 g/mol. The molecular weight excluding hydrogens is 641 g/mol. The maximum atomic E-state index is 2.81. The number of anilines is 4. The van der Waals surface area contributed by atoms with Gasteiger partial charge in [-0.15, -0.1) is 0 Å². The minimum Gasteiger partial charge on any atom is -0.365 e. The van der Waals surface area contributed by atoms with Crippen LogP contribution in [0, 0.1) is 5.92 Å². The molecule has 2 atom stereocenters. The van der Waals surface area contributed by atoms with Gasteiger partial charge >= 0.3 is 0 Å². The Kier molecular flexibility index (Phi) is 7.98. The first-order valence-electron chi connectivity index (χ1n) is 19.3. The molecule has 0 radical (unpaired) electrons. The summed E-state index contributed by atoms with van der Waals surface area (Å²) in [5.74, 6) is 0.853. The van der Waals surface area contributed by atoms with Crippen LogP contribution in [0.5, 0.6) is 0 Å². The van der Waals surface area contributed by atoms with Crippen molar-refractivity contribution in [2.24, 2.45) is 5.92 Å². The largest absolute Gasteiger partial charge is 0.365 e. The van der Waals surface area contributed by atoms with Crippen molar-refractivity contribution < 1.29 is 0 Å². The predicted octanol–water partition coefficient (Wildman–Crippen LogP) is 13.2. The third-order valence-electron chi connectivity index (χ3n) is 12.4. The van der Waals surface area contributed by atoms with Crippen LogP contribution in [0.2, 0.25) is 0 Å². The van der Waals surface area contributed by atoms with Crippen LogP contribution in [0.25, 0.3) is 33.4 Å². The summed E-state index contributed by atoms with van der Waals surface area (Å²) in [5, 5.41) is 0. The van der Waals surface area contributed by atoms with Crippen LogP contribution in [-0.2, 0) is 5.41 Å². The second-order valence-corrected chi connectivity index (χ2v) is 15.6. The number of piperidine rings is 2. The molecule has 0 N–H and O–H groups in total. The molecular formula is C51H44N2. The van der Waals surface area contributed by atoms with E-state index in [9.17, 15) is 0 Å². The highest BCUT2D eigenvalue weighted by molar-refractivity contribution is 5.81. The minimum absolute atomic E-state index is 0.358. The van der Waals surface area contributed by atoms with Crippen LogP contribution < -0.4 is 9.80 Å². The number of benzene rings is 7. The van der Waals surface area contributed by atoms with Crippen molar-refractivity contribution in [2.45, 2.75) is 49.6 Å². The van der Waals surface area contributed by atoms with E-state index in [1.165, 1.54) is 71.2 Å². The maximum absolute atomic E-state index is 2.81. The van der Waals surface area contributed by atoms with Crippen LogP contribution in [0.4, 0.5) is 22.7 Å². The fraction of sp³-hybridized carbons (Fsp3) is 0.176. The Balaban J connectivity index is 0.951. The Labute approximate surface area is 314 Å². The first-order chi connectivity index (χ1) is 26.2. The molecule has 2 heterocycles. The van der Waals surface area contributed by atoms with E-state index in [0.29, 0.717) is 17.5 Å². The predicted molar refractivity (Wildman–Crippen MR) is 222 cm³/mol. The first-order valence-corrected chi connectivity index (χ1v) is 19.3. The zero-order valence-corrected chi connectivity index (χ0v) is 30.1. The Morgan fingerprint density at radius 3 is 1.30 bits per heavy atom. The molecule has 2 heteroatoms. The summed E-state index contributed by atoms with van der Waals surface area (Å²) < 4.78 is 0. The molecule has 4 fully saturated rings. The molecule has 2 nitrogen and oxygen atoms in total. The molecule has 0 aromatic heterocycles. The monoisotopic (exact) mass is 684 g/mol. The SMILES string of the molecule is c1ccc(-c2ccc(N(c3ccc(-c4ccccc4)cc3)c3ccc(-c4cccc(N5C6CC7CC5CC(c5ccccc5)(C7)C6)c4)cc3)cc2)cc1. The standard InChI is InChI=1S/C51H44N2/c1-4-11-38(12-5-1)40-19-25-45(26-20-40)52(46-27-21-41(22-28-46)39-13-6-2-7-14-39)47-29-23-42(24-30-47)43-15-10-18-48(33-43)53-49-31-37-32-50(53)36-51(34-37,35-49)44-16-8-3-9-17-44/h1-30,33,37,49-50H,31-32,34-36H2. The molecule has 258 valence electrons. The summed E-state index contributed by atoms with van der Waals surface area (Å²) in [6.45, 7) is 0. The number of rotatable bonds is 8. The van der Waals surface area contributed by atoms with Gasteiger partial charge in [0.25, 0.3) is 0 Å². The number of hydrogen-bond acceptors (Lipinski definition) is 2. The molecule has 2 unspecified atom stereocenters. The van der Waals surface area contributed by atoms with Crippen LogP contribution in [0.15, 0.2) is 188 Å². The average Bonchev–Trinajstić information content (AvgIpc) is 3.22. The van der Waals surface area contributed by atoms with Gasteiger partial charge in [0.15, 0.2) is 0 Å². The van der Waals surface area contributed by atoms with E-state index in [1.807, 2.05) is 0 Å². The molecule has 2 aliphatic carbocycles. The molecule has 2 aliphatic heterocycles. The molecule has 0 amide bonds. The second-order valence-electron chi connectivity index (χ2n) is 15.6. The van der Waals surface area contributed by atoms with Gasteiger partial charge in [-0.25, -0.2) is 0 Å². The lowest BCUT2D eigenvalue weighted by Crippen LogP contribution is -2.63. The lowest BCUT2D eigenvalue weighted by atomic mass is 9.53. The van der Waals surface area contributed by atoms with Crippen molar-refractivity contribution in [2.75, 3.05) is 9.80 Å². The van der Waals surface area contributed by atoms with Crippen molar-refractivity contribution in [3.63, 3.8) is 0 Å². The van der Waals surface area contributed by atoms with Gasteiger partial charge in [0.05, 0.1) is 0 Å². The Morgan fingerprint density at radius 2 is 0.811 bits per heavy atom. The lowest BCUT2D eigenvalue weighted by Gasteiger charge is -2.62. The van der Waals surface area contributed by atoms with Gasteiger partial charge in [-0.2, -0.15) is 0 Å². The molecule has 53 heavy (non-hydrogen) atoms. The molecule has 2 saturated heterocycles. The van der Waals surface area contributed by atoms with Crippen LogP contribution in [-0.4, -0.2) is 12.1 Å². The van der Waals surface area contributed by atoms with E-state index in [-0.39, 0.29) is 0 Å². The zero-order chi connectivity index (χ0) is 35.2. The maximum Gasteiger partial charge on any atom is 0.0462 e. The summed E-state index contributed by atoms with van der Waals surface area (Å²) in [4.78, 5) is 5.18. The van der Waals surface area contributed by atoms with Crippen LogP contribution in [0.1, 0.15) is 37.7 Å². The Hall–Kier alpha value is -5.86. The molecule has 7 aromatic carbocycles. The topological polar surface area (TPSA) is 6.48 Å².